The van der Waals surface area contributed by atoms with E-state index in [9.17, 15) is 13.6 Å². The van der Waals surface area contributed by atoms with E-state index in [-0.39, 0.29) is 16.7 Å². The lowest BCUT2D eigenvalue weighted by molar-refractivity contribution is -0.0501. The molecule has 0 aromatic heterocycles. The third-order valence-corrected chi connectivity index (χ3v) is 3.16. The average Bonchev–Trinajstić information content (AvgIpc) is 2.36. The molecule has 0 atom stereocenters. The summed E-state index contributed by atoms with van der Waals surface area (Å²) in [5.41, 5.74) is -0.191. The van der Waals surface area contributed by atoms with Gasteiger partial charge < -0.3 is 10.1 Å². The summed E-state index contributed by atoms with van der Waals surface area (Å²) in [6.07, 6.45) is 0. The van der Waals surface area contributed by atoms with Crippen molar-refractivity contribution in [2.45, 2.75) is 20.5 Å². The van der Waals surface area contributed by atoms with Crippen LogP contribution in [0.25, 0.3) is 0 Å². The second-order valence-electron chi connectivity index (χ2n) is 4.86. The molecule has 0 aliphatic carbocycles. The lowest BCUT2D eigenvalue weighted by atomic mass is 9.96. The maximum absolute atomic E-state index is 12.2. The van der Waals surface area contributed by atoms with Crippen molar-refractivity contribution in [1.82, 2.24) is 5.32 Å². The zero-order valence-electron chi connectivity index (χ0n) is 10.8. The van der Waals surface area contributed by atoms with Crippen LogP contribution in [0, 0.1) is 5.41 Å². The second-order valence-corrected chi connectivity index (χ2v) is 5.12. The lowest BCUT2D eigenvalue weighted by Crippen LogP contribution is -2.35. The lowest BCUT2D eigenvalue weighted by Gasteiger charge is -2.22. The van der Waals surface area contributed by atoms with Gasteiger partial charge in [-0.05, 0) is 17.5 Å². The summed E-state index contributed by atoms with van der Waals surface area (Å²) in [7, 11) is 0. The standard InChI is InChI=1S/C13H16ClF2NO2/c1-13(2,7-14)8-17-11(18)9-5-3-4-6-10(9)19-12(15)16/h3-6,12H,7-8H2,1-2H3,(H,17,18). The van der Waals surface area contributed by atoms with Crippen molar-refractivity contribution in [2.75, 3.05) is 12.4 Å². The molecule has 0 unspecified atom stereocenters. The van der Waals surface area contributed by atoms with E-state index >= 15 is 0 Å². The van der Waals surface area contributed by atoms with E-state index in [1.54, 1.807) is 6.07 Å². The molecule has 1 N–H and O–H groups in total. The number of alkyl halides is 3. The van der Waals surface area contributed by atoms with Gasteiger partial charge in [-0.15, -0.1) is 11.6 Å². The van der Waals surface area contributed by atoms with E-state index in [2.05, 4.69) is 10.1 Å². The minimum absolute atomic E-state index is 0.0770. The molecule has 0 heterocycles. The minimum atomic E-state index is -2.96. The number of nitrogens with one attached hydrogen (secondary N) is 1. The number of hydrogen-bond donors (Lipinski definition) is 1. The molecular weight excluding hydrogens is 276 g/mol. The summed E-state index contributed by atoms with van der Waals surface area (Å²) >= 11 is 5.75. The molecule has 0 fully saturated rings. The van der Waals surface area contributed by atoms with Gasteiger partial charge in [0.05, 0.1) is 5.56 Å². The number of hydrogen-bond acceptors (Lipinski definition) is 2. The van der Waals surface area contributed by atoms with Crippen molar-refractivity contribution in [3.8, 4) is 5.75 Å². The molecule has 1 rings (SSSR count). The van der Waals surface area contributed by atoms with E-state index in [1.807, 2.05) is 13.8 Å². The molecule has 3 nitrogen and oxygen atoms in total. The number of benzene rings is 1. The molecule has 0 saturated carbocycles. The number of carbonyl (C=O) groups excluding carboxylic acids is 1. The van der Waals surface area contributed by atoms with Crippen LogP contribution in [0.2, 0.25) is 0 Å². The molecule has 106 valence electrons. The highest BCUT2D eigenvalue weighted by molar-refractivity contribution is 6.18. The van der Waals surface area contributed by atoms with E-state index in [4.69, 9.17) is 11.6 Å². The van der Waals surface area contributed by atoms with E-state index in [1.165, 1.54) is 18.2 Å². The van der Waals surface area contributed by atoms with Gasteiger partial charge in [0.2, 0.25) is 0 Å². The Balaban J connectivity index is 2.77. The summed E-state index contributed by atoms with van der Waals surface area (Å²) in [5.74, 6) is -0.226. The third-order valence-electron chi connectivity index (χ3n) is 2.44. The Hall–Kier alpha value is -1.36. The topological polar surface area (TPSA) is 38.3 Å². The van der Waals surface area contributed by atoms with Gasteiger partial charge in [-0.1, -0.05) is 26.0 Å². The van der Waals surface area contributed by atoms with Crippen molar-refractivity contribution >= 4 is 17.5 Å². The number of para-hydroxylation sites is 1. The van der Waals surface area contributed by atoms with Gasteiger partial charge in [0.25, 0.3) is 5.91 Å². The van der Waals surface area contributed by atoms with Crippen LogP contribution in [-0.2, 0) is 0 Å². The Bertz CT molecular complexity index is 438. The molecule has 1 aromatic carbocycles. The molecule has 6 heteroatoms. The van der Waals surface area contributed by atoms with Crippen LogP contribution >= 0.6 is 11.6 Å². The van der Waals surface area contributed by atoms with Crippen LogP contribution in [0.4, 0.5) is 8.78 Å². The molecule has 1 amide bonds. The van der Waals surface area contributed by atoms with E-state index in [0.29, 0.717) is 12.4 Å². The molecule has 0 spiro atoms. The average molecular weight is 292 g/mol. The van der Waals surface area contributed by atoms with Gasteiger partial charge in [-0.25, -0.2) is 0 Å². The van der Waals surface area contributed by atoms with Crippen molar-refractivity contribution in [3.05, 3.63) is 29.8 Å². The SMILES string of the molecule is CC(C)(CCl)CNC(=O)c1ccccc1OC(F)F. The first kappa shape index (κ1) is 15.7. The fourth-order valence-corrected chi connectivity index (χ4v) is 1.41. The predicted molar refractivity (Wildman–Crippen MR) is 69.9 cm³/mol. The van der Waals surface area contributed by atoms with Crippen LogP contribution in [0.5, 0.6) is 5.75 Å². The van der Waals surface area contributed by atoms with Crippen LogP contribution < -0.4 is 10.1 Å². The van der Waals surface area contributed by atoms with E-state index in [0.717, 1.165) is 0 Å². The molecule has 0 saturated heterocycles. The molecule has 0 aliphatic heterocycles. The normalized spacial score (nSPS) is 11.5. The van der Waals surface area contributed by atoms with Crippen LogP contribution in [0.15, 0.2) is 24.3 Å². The predicted octanol–water partition coefficient (Wildman–Crippen LogP) is 3.28. The van der Waals surface area contributed by atoms with Crippen molar-refractivity contribution in [2.24, 2.45) is 5.41 Å². The highest BCUT2D eigenvalue weighted by Gasteiger charge is 2.20. The van der Waals surface area contributed by atoms with Crippen LogP contribution in [0.3, 0.4) is 0 Å². The summed E-state index contributed by atoms with van der Waals surface area (Å²) in [4.78, 5) is 11.9. The van der Waals surface area contributed by atoms with Gasteiger partial charge in [0.1, 0.15) is 5.75 Å². The Labute approximate surface area is 115 Å². The third kappa shape index (κ3) is 5.03. The molecule has 1 aromatic rings. The summed E-state index contributed by atoms with van der Waals surface area (Å²) < 4.78 is 28.7. The number of amides is 1. The quantitative estimate of drug-likeness (QED) is 0.817. The van der Waals surface area contributed by atoms with Crippen LogP contribution in [-0.4, -0.2) is 24.9 Å². The molecule has 0 aliphatic rings. The Morgan fingerprint density at radius 3 is 2.63 bits per heavy atom. The Morgan fingerprint density at radius 1 is 1.42 bits per heavy atom. The van der Waals surface area contributed by atoms with Crippen molar-refractivity contribution in [3.63, 3.8) is 0 Å². The smallest absolute Gasteiger partial charge is 0.387 e. The molecular formula is C13H16ClF2NO2. The number of rotatable bonds is 6. The maximum atomic E-state index is 12.2. The zero-order chi connectivity index (χ0) is 14.5. The maximum Gasteiger partial charge on any atom is 0.387 e. The summed E-state index contributed by atoms with van der Waals surface area (Å²) in [6, 6.07) is 5.87. The molecule has 19 heavy (non-hydrogen) atoms. The first-order chi connectivity index (χ1) is 8.85. The summed E-state index contributed by atoms with van der Waals surface area (Å²) in [6.45, 7) is 1.16. The van der Waals surface area contributed by atoms with Crippen LogP contribution in [0.1, 0.15) is 24.2 Å². The number of halogens is 3. The van der Waals surface area contributed by atoms with Gasteiger partial charge in [0.15, 0.2) is 0 Å². The highest BCUT2D eigenvalue weighted by Crippen LogP contribution is 2.21. The van der Waals surface area contributed by atoms with Gasteiger partial charge >= 0.3 is 6.61 Å². The fraction of sp³-hybridized carbons (Fsp3) is 0.462. The number of carbonyl (C=O) groups is 1. The fourth-order valence-electron chi connectivity index (χ4n) is 1.31. The van der Waals surface area contributed by atoms with Gasteiger partial charge in [-0.3, -0.25) is 4.79 Å². The summed E-state index contributed by atoms with van der Waals surface area (Å²) in [5, 5.41) is 2.66. The second kappa shape index (κ2) is 6.70. The monoisotopic (exact) mass is 291 g/mol. The zero-order valence-corrected chi connectivity index (χ0v) is 11.5. The highest BCUT2D eigenvalue weighted by atomic mass is 35.5. The minimum Gasteiger partial charge on any atom is -0.434 e. The largest absolute Gasteiger partial charge is 0.434 e. The van der Waals surface area contributed by atoms with Gasteiger partial charge in [0, 0.05) is 12.4 Å². The van der Waals surface area contributed by atoms with Crippen molar-refractivity contribution in [1.29, 1.82) is 0 Å². The van der Waals surface area contributed by atoms with Crippen molar-refractivity contribution < 1.29 is 18.3 Å². The molecule has 0 bridgehead atoms. The Kier molecular flexibility index (Phi) is 5.54. The first-order valence-corrected chi connectivity index (χ1v) is 6.27. The van der Waals surface area contributed by atoms with E-state index < -0.39 is 12.5 Å². The molecule has 0 radical (unpaired) electrons. The van der Waals surface area contributed by atoms with Gasteiger partial charge in [-0.2, -0.15) is 8.78 Å². The Morgan fingerprint density at radius 2 is 2.05 bits per heavy atom. The first-order valence-electron chi connectivity index (χ1n) is 5.74. The number of ether oxygens (including phenoxy) is 1.